The zero-order valence-corrected chi connectivity index (χ0v) is 9.22. The van der Waals surface area contributed by atoms with Crippen LogP contribution in [0.3, 0.4) is 0 Å². The van der Waals surface area contributed by atoms with Crippen molar-refractivity contribution >= 4 is 17.7 Å². The molecule has 5 nitrogen and oxygen atoms in total. The van der Waals surface area contributed by atoms with E-state index >= 15 is 0 Å². The highest BCUT2D eigenvalue weighted by Crippen LogP contribution is 2.16. The minimum Gasteiger partial charge on any atom is -0.272 e. The summed E-state index contributed by atoms with van der Waals surface area (Å²) < 4.78 is 1.42. The average molecular weight is 234 g/mol. The van der Waals surface area contributed by atoms with E-state index in [0.29, 0.717) is 5.75 Å². The number of benzene rings is 1. The Balaban J connectivity index is 1.80. The highest BCUT2D eigenvalue weighted by molar-refractivity contribution is 8.00. The molecule has 0 saturated heterocycles. The van der Waals surface area contributed by atoms with E-state index in [1.54, 1.807) is 0 Å². The number of rotatable bonds is 4. The van der Waals surface area contributed by atoms with E-state index in [9.17, 15) is 4.79 Å². The molecule has 0 aliphatic rings. The molecule has 0 atom stereocenters. The molecule has 1 amide bonds. The second-order valence-electron chi connectivity index (χ2n) is 3.01. The lowest BCUT2D eigenvalue weighted by molar-refractivity contribution is -0.114. The molecule has 2 rings (SSSR count). The van der Waals surface area contributed by atoms with Gasteiger partial charge in [0.25, 0.3) is 0 Å². The van der Waals surface area contributed by atoms with Gasteiger partial charge in [-0.15, -0.1) is 22.0 Å². The van der Waals surface area contributed by atoms with E-state index in [1.165, 1.54) is 29.1 Å². The lowest BCUT2D eigenvalue weighted by Gasteiger charge is -2.03. The molecule has 0 radical (unpaired) electrons. The third kappa shape index (κ3) is 3.09. The average Bonchev–Trinajstić information content (AvgIpc) is 2.81. The first kappa shape index (κ1) is 10.7. The van der Waals surface area contributed by atoms with Gasteiger partial charge in [0.1, 0.15) is 12.7 Å². The van der Waals surface area contributed by atoms with Crippen LogP contribution < -0.4 is 5.43 Å². The summed E-state index contributed by atoms with van der Waals surface area (Å²) in [5.41, 5.74) is 2.62. The molecule has 0 aliphatic heterocycles. The van der Waals surface area contributed by atoms with Crippen molar-refractivity contribution in [2.75, 3.05) is 11.2 Å². The highest BCUT2D eigenvalue weighted by atomic mass is 32.2. The number of nitrogens with zero attached hydrogens (tertiary/aromatic N) is 3. The summed E-state index contributed by atoms with van der Waals surface area (Å²) >= 11 is 1.48. The molecule has 82 valence electrons. The molecule has 2 aromatic rings. The van der Waals surface area contributed by atoms with E-state index in [0.717, 1.165) is 4.90 Å². The van der Waals surface area contributed by atoms with Crippen LogP contribution in [0, 0.1) is 0 Å². The van der Waals surface area contributed by atoms with Gasteiger partial charge in [0.15, 0.2) is 0 Å². The molecule has 0 spiro atoms. The van der Waals surface area contributed by atoms with E-state index in [-0.39, 0.29) is 5.91 Å². The number of amides is 1. The van der Waals surface area contributed by atoms with Crippen molar-refractivity contribution in [2.45, 2.75) is 4.90 Å². The first-order chi connectivity index (χ1) is 7.84. The molecule has 0 saturated carbocycles. The maximum atomic E-state index is 11.5. The summed E-state index contributed by atoms with van der Waals surface area (Å²) in [6, 6.07) is 9.77. The van der Waals surface area contributed by atoms with Gasteiger partial charge in [-0.25, -0.2) is 4.68 Å². The second kappa shape index (κ2) is 5.32. The van der Waals surface area contributed by atoms with Gasteiger partial charge >= 0.3 is 0 Å². The van der Waals surface area contributed by atoms with Crippen LogP contribution in [0.15, 0.2) is 47.9 Å². The fourth-order valence-electron chi connectivity index (χ4n) is 1.10. The number of carbonyl (C=O) groups excluding carboxylic acids is 1. The molecule has 0 unspecified atom stereocenters. The largest absolute Gasteiger partial charge is 0.272 e. The Morgan fingerprint density at radius 2 is 1.94 bits per heavy atom. The highest BCUT2D eigenvalue weighted by Gasteiger charge is 2.02. The molecule has 16 heavy (non-hydrogen) atoms. The molecule has 0 aliphatic carbocycles. The zero-order valence-electron chi connectivity index (χ0n) is 8.41. The Labute approximate surface area is 96.8 Å². The Bertz CT molecular complexity index is 443. The Kier molecular flexibility index (Phi) is 3.55. The monoisotopic (exact) mass is 234 g/mol. The van der Waals surface area contributed by atoms with Gasteiger partial charge in [0, 0.05) is 4.90 Å². The fourth-order valence-corrected chi connectivity index (χ4v) is 1.81. The van der Waals surface area contributed by atoms with Gasteiger partial charge in [0.05, 0.1) is 5.75 Å². The van der Waals surface area contributed by atoms with Crippen molar-refractivity contribution in [3.63, 3.8) is 0 Å². The zero-order chi connectivity index (χ0) is 11.2. The Hall–Kier alpha value is -1.82. The summed E-state index contributed by atoms with van der Waals surface area (Å²) in [4.78, 5) is 12.5. The molecule has 1 aromatic heterocycles. The van der Waals surface area contributed by atoms with Crippen molar-refractivity contribution in [1.82, 2.24) is 14.9 Å². The fraction of sp³-hybridized carbons (Fsp3) is 0.100. The van der Waals surface area contributed by atoms with Crippen molar-refractivity contribution in [3.05, 3.63) is 43.0 Å². The van der Waals surface area contributed by atoms with Crippen LogP contribution >= 0.6 is 11.8 Å². The van der Waals surface area contributed by atoms with Crippen LogP contribution in [0.2, 0.25) is 0 Å². The minimum atomic E-state index is -0.0892. The molecule has 0 fully saturated rings. The maximum absolute atomic E-state index is 11.5. The molecule has 6 heteroatoms. The van der Waals surface area contributed by atoms with E-state index < -0.39 is 0 Å². The van der Waals surface area contributed by atoms with Crippen molar-refractivity contribution < 1.29 is 4.79 Å². The normalized spacial score (nSPS) is 10.0. The van der Waals surface area contributed by atoms with Gasteiger partial charge < -0.3 is 0 Å². The topological polar surface area (TPSA) is 59.8 Å². The van der Waals surface area contributed by atoms with Crippen LogP contribution in [0.25, 0.3) is 0 Å². The summed E-state index contributed by atoms with van der Waals surface area (Å²) in [6.07, 6.45) is 2.87. The lowest BCUT2D eigenvalue weighted by atomic mass is 10.4. The molecule has 0 bridgehead atoms. The third-order valence-electron chi connectivity index (χ3n) is 1.79. The van der Waals surface area contributed by atoms with Crippen LogP contribution in [-0.4, -0.2) is 26.5 Å². The molecule has 1 heterocycles. The second-order valence-corrected chi connectivity index (χ2v) is 4.05. The van der Waals surface area contributed by atoms with Gasteiger partial charge in [-0.2, -0.15) is 0 Å². The van der Waals surface area contributed by atoms with E-state index in [4.69, 9.17) is 0 Å². The van der Waals surface area contributed by atoms with Gasteiger partial charge in [0.2, 0.25) is 5.91 Å². The Morgan fingerprint density at radius 1 is 1.25 bits per heavy atom. The van der Waals surface area contributed by atoms with Crippen molar-refractivity contribution in [1.29, 1.82) is 0 Å². The van der Waals surface area contributed by atoms with E-state index in [2.05, 4.69) is 15.6 Å². The SMILES string of the molecule is O=C(CSc1ccccc1)Nn1cnnc1. The summed E-state index contributed by atoms with van der Waals surface area (Å²) in [5, 5.41) is 7.17. The summed E-state index contributed by atoms with van der Waals surface area (Å²) in [7, 11) is 0. The standard InChI is InChI=1S/C10H10N4OS/c15-10(13-14-7-11-12-8-14)6-16-9-4-2-1-3-5-9/h1-5,7-8H,6H2,(H,13,15). The van der Waals surface area contributed by atoms with Crippen LogP contribution in [-0.2, 0) is 4.79 Å². The van der Waals surface area contributed by atoms with Gasteiger partial charge in [-0.1, -0.05) is 18.2 Å². The minimum absolute atomic E-state index is 0.0892. The van der Waals surface area contributed by atoms with Crippen molar-refractivity contribution in [3.8, 4) is 0 Å². The molecule has 1 aromatic carbocycles. The van der Waals surface area contributed by atoms with Crippen molar-refractivity contribution in [2.24, 2.45) is 0 Å². The number of aromatic nitrogens is 3. The predicted octanol–water partition coefficient (Wildman–Crippen LogP) is 1.14. The first-order valence-corrected chi connectivity index (χ1v) is 5.65. The van der Waals surface area contributed by atoms with Crippen LogP contribution in [0.1, 0.15) is 0 Å². The number of thioether (sulfide) groups is 1. The predicted molar refractivity (Wildman–Crippen MR) is 61.6 cm³/mol. The van der Waals surface area contributed by atoms with Gasteiger partial charge in [-0.05, 0) is 12.1 Å². The number of hydrogen-bond acceptors (Lipinski definition) is 4. The number of hydrogen-bond donors (Lipinski definition) is 1. The third-order valence-corrected chi connectivity index (χ3v) is 2.80. The molecule has 1 N–H and O–H groups in total. The van der Waals surface area contributed by atoms with Crippen LogP contribution in [0.5, 0.6) is 0 Å². The number of nitrogens with one attached hydrogen (secondary N) is 1. The lowest BCUT2D eigenvalue weighted by Crippen LogP contribution is -2.23. The Morgan fingerprint density at radius 3 is 2.62 bits per heavy atom. The van der Waals surface area contributed by atoms with Gasteiger partial charge in [-0.3, -0.25) is 10.2 Å². The van der Waals surface area contributed by atoms with E-state index in [1.807, 2.05) is 30.3 Å². The van der Waals surface area contributed by atoms with Crippen LogP contribution in [0.4, 0.5) is 0 Å². The molecular weight excluding hydrogens is 224 g/mol. The molecular formula is C10H10N4OS. The quantitative estimate of drug-likeness (QED) is 0.806. The summed E-state index contributed by atoms with van der Waals surface area (Å²) in [6.45, 7) is 0. The first-order valence-electron chi connectivity index (χ1n) is 4.67. The smallest absolute Gasteiger partial charge is 0.249 e. The summed E-state index contributed by atoms with van der Waals surface area (Å²) in [5.74, 6) is 0.274. The maximum Gasteiger partial charge on any atom is 0.249 e. The number of carbonyl (C=O) groups is 1.